The molecule has 4 nitrogen and oxygen atoms in total. The van der Waals surface area contributed by atoms with Gasteiger partial charge in [0, 0.05) is 13.6 Å². The van der Waals surface area contributed by atoms with Crippen LogP contribution < -0.4 is 10.6 Å². The largest absolute Gasteiger partial charge is 0.359 e. The summed E-state index contributed by atoms with van der Waals surface area (Å²) in [5.74, 6) is 0.413. The Morgan fingerprint density at radius 2 is 2.24 bits per heavy atom. The highest BCUT2D eigenvalue weighted by molar-refractivity contribution is 5.78. The van der Waals surface area contributed by atoms with Crippen molar-refractivity contribution in [2.24, 2.45) is 5.92 Å². The maximum absolute atomic E-state index is 11.6. The Labute approximate surface area is 105 Å². The fourth-order valence-electron chi connectivity index (χ4n) is 2.41. The molecule has 0 spiro atoms. The molecule has 4 heteroatoms. The SMILES string of the molecule is CCCNCCCN1CCCC(C(=O)NC)C1. The van der Waals surface area contributed by atoms with Crippen LogP contribution in [-0.4, -0.2) is 50.6 Å². The summed E-state index contributed by atoms with van der Waals surface area (Å²) >= 11 is 0. The summed E-state index contributed by atoms with van der Waals surface area (Å²) < 4.78 is 0. The van der Waals surface area contributed by atoms with E-state index in [1.807, 2.05) is 0 Å². The molecule has 0 radical (unpaired) electrons. The lowest BCUT2D eigenvalue weighted by atomic mass is 9.97. The molecule has 1 unspecified atom stereocenters. The van der Waals surface area contributed by atoms with E-state index >= 15 is 0 Å². The molecule has 1 aliphatic heterocycles. The highest BCUT2D eigenvalue weighted by Crippen LogP contribution is 2.16. The van der Waals surface area contributed by atoms with E-state index in [9.17, 15) is 4.79 Å². The number of nitrogens with zero attached hydrogens (tertiary/aromatic N) is 1. The molecular formula is C13H27N3O. The van der Waals surface area contributed by atoms with Crippen molar-refractivity contribution >= 4 is 5.91 Å². The average Bonchev–Trinajstić information content (AvgIpc) is 2.38. The van der Waals surface area contributed by atoms with Gasteiger partial charge in [-0.3, -0.25) is 4.79 Å². The molecular weight excluding hydrogens is 214 g/mol. The van der Waals surface area contributed by atoms with Crippen LogP contribution in [0.25, 0.3) is 0 Å². The van der Waals surface area contributed by atoms with Crippen LogP contribution in [-0.2, 0) is 4.79 Å². The minimum atomic E-state index is 0.206. The molecule has 0 aromatic carbocycles. The van der Waals surface area contributed by atoms with Crippen LogP contribution in [0.1, 0.15) is 32.6 Å². The molecule has 0 saturated carbocycles. The molecule has 1 rings (SSSR count). The van der Waals surface area contributed by atoms with Crippen LogP contribution in [0, 0.1) is 5.92 Å². The van der Waals surface area contributed by atoms with Gasteiger partial charge in [0.2, 0.25) is 5.91 Å². The van der Waals surface area contributed by atoms with Gasteiger partial charge in [0.1, 0.15) is 0 Å². The lowest BCUT2D eigenvalue weighted by molar-refractivity contribution is -0.126. The number of amides is 1. The molecule has 0 aromatic rings. The molecule has 100 valence electrons. The van der Waals surface area contributed by atoms with Gasteiger partial charge < -0.3 is 15.5 Å². The maximum atomic E-state index is 11.6. The van der Waals surface area contributed by atoms with Gasteiger partial charge in [0.15, 0.2) is 0 Å². The van der Waals surface area contributed by atoms with Crippen LogP contribution in [0.15, 0.2) is 0 Å². The van der Waals surface area contributed by atoms with Crippen LogP contribution in [0.3, 0.4) is 0 Å². The summed E-state index contributed by atoms with van der Waals surface area (Å²) in [7, 11) is 1.73. The highest BCUT2D eigenvalue weighted by atomic mass is 16.1. The van der Waals surface area contributed by atoms with Crippen molar-refractivity contribution in [3.05, 3.63) is 0 Å². The van der Waals surface area contributed by atoms with E-state index in [1.54, 1.807) is 7.05 Å². The first-order valence-electron chi connectivity index (χ1n) is 6.92. The van der Waals surface area contributed by atoms with Gasteiger partial charge in [-0.15, -0.1) is 0 Å². The number of likely N-dealkylation sites (tertiary alicyclic amines) is 1. The van der Waals surface area contributed by atoms with Crippen molar-refractivity contribution < 1.29 is 4.79 Å². The number of hydrogen-bond acceptors (Lipinski definition) is 3. The Morgan fingerprint density at radius 3 is 2.94 bits per heavy atom. The smallest absolute Gasteiger partial charge is 0.224 e. The molecule has 0 aromatic heterocycles. The average molecular weight is 241 g/mol. The summed E-state index contributed by atoms with van der Waals surface area (Å²) in [6.07, 6.45) is 4.58. The molecule has 0 aliphatic carbocycles. The zero-order chi connectivity index (χ0) is 12.5. The van der Waals surface area contributed by atoms with E-state index in [-0.39, 0.29) is 11.8 Å². The highest BCUT2D eigenvalue weighted by Gasteiger charge is 2.24. The second kappa shape index (κ2) is 8.48. The summed E-state index contributed by atoms with van der Waals surface area (Å²) in [6, 6.07) is 0. The van der Waals surface area contributed by atoms with Crippen LogP contribution >= 0.6 is 0 Å². The first-order chi connectivity index (χ1) is 8.27. The second-order valence-electron chi connectivity index (χ2n) is 4.86. The summed E-state index contributed by atoms with van der Waals surface area (Å²) in [4.78, 5) is 14.0. The van der Waals surface area contributed by atoms with Crippen molar-refractivity contribution in [1.82, 2.24) is 15.5 Å². The number of carbonyl (C=O) groups is 1. The topological polar surface area (TPSA) is 44.4 Å². The third kappa shape index (κ3) is 5.50. The van der Waals surface area contributed by atoms with Gasteiger partial charge in [0.05, 0.1) is 5.92 Å². The Kier molecular flexibility index (Phi) is 7.21. The third-order valence-corrected chi connectivity index (χ3v) is 3.38. The van der Waals surface area contributed by atoms with Crippen LogP contribution in [0.4, 0.5) is 0 Å². The number of piperidine rings is 1. The predicted molar refractivity (Wildman–Crippen MR) is 71.0 cm³/mol. The van der Waals surface area contributed by atoms with E-state index in [0.29, 0.717) is 0 Å². The fourth-order valence-corrected chi connectivity index (χ4v) is 2.41. The molecule has 1 heterocycles. The van der Waals surface area contributed by atoms with Crippen LogP contribution in [0.2, 0.25) is 0 Å². The fraction of sp³-hybridized carbons (Fsp3) is 0.923. The van der Waals surface area contributed by atoms with E-state index < -0.39 is 0 Å². The molecule has 1 amide bonds. The van der Waals surface area contributed by atoms with Crippen molar-refractivity contribution in [3.8, 4) is 0 Å². The summed E-state index contributed by atoms with van der Waals surface area (Å²) in [5, 5.41) is 6.18. The Bertz CT molecular complexity index is 221. The summed E-state index contributed by atoms with van der Waals surface area (Å²) in [6.45, 7) is 7.60. The zero-order valence-corrected chi connectivity index (χ0v) is 11.3. The van der Waals surface area contributed by atoms with Crippen molar-refractivity contribution in [2.45, 2.75) is 32.6 Å². The van der Waals surface area contributed by atoms with Crippen molar-refractivity contribution in [2.75, 3.05) is 39.8 Å². The van der Waals surface area contributed by atoms with Gasteiger partial charge in [-0.2, -0.15) is 0 Å². The Hall–Kier alpha value is -0.610. The predicted octanol–water partition coefficient (Wildman–Crippen LogP) is 0.834. The van der Waals surface area contributed by atoms with E-state index in [4.69, 9.17) is 0 Å². The molecule has 1 atom stereocenters. The first-order valence-corrected chi connectivity index (χ1v) is 6.92. The Morgan fingerprint density at radius 1 is 1.41 bits per heavy atom. The third-order valence-electron chi connectivity index (χ3n) is 3.38. The summed E-state index contributed by atoms with van der Waals surface area (Å²) in [5.41, 5.74) is 0. The lowest BCUT2D eigenvalue weighted by Crippen LogP contribution is -2.42. The van der Waals surface area contributed by atoms with E-state index in [2.05, 4.69) is 22.5 Å². The Balaban J connectivity index is 2.14. The van der Waals surface area contributed by atoms with Gasteiger partial charge in [-0.25, -0.2) is 0 Å². The molecule has 1 saturated heterocycles. The number of nitrogens with one attached hydrogen (secondary N) is 2. The normalized spacial score (nSPS) is 21.4. The minimum absolute atomic E-state index is 0.206. The van der Waals surface area contributed by atoms with Crippen LogP contribution in [0.5, 0.6) is 0 Å². The van der Waals surface area contributed by atoms with Gasteiger partial charge in [-0.1, -0.05) is 6.92 Å². The van der Waals surface area contributed by atoms with E-state index in [0.717, 1.165) is 45.6 Å². The van der Waals surface area contributed by atoms with Gasteiger partial charge >= 0.3 is 0 Å². The quantitative estimate of drug-likeness (QED) is 0.649. The number of hydrogen-bond donors (Lipinski definition) is 2. The minimum Gasteiger partial charge on any atom is -0.359 e. The molecule has 17 heavy (non-hydrogen) atoms. The molecule has 2 N–H and O–H groups in total. The molecule has 1 aliphatic rings. The molecule has 0 bridgehead atoms. The van der Waals surface area contributed by atoms with Crippen molar-refractivity contribution in [1.29, 1.82) is 0 Å². The number of carbonyl (C=O) groups excluding carboxylic acids is 1. The van der Waals surface area contributed by atoms with Crippen molar-refractivity contribution in [3.63, 3.8) is 0 Å². The maximum Gasteiger partial charge on any atom is 0.224 e. The second-order valence-corrected chi connectivity index (χ2v) is 4.86. The van der Waals surface area contributed by atoms with Gasteiger partial charge in [-0.05, 0) is 51.9 Å². The lowest BCUT2D eigenvalue weighted by Gasteiger charge is -2.31. The van der Waals surface area contributed by atoms with Gasteiger partial charge in [0.25, 0.3) is 0 Å². The monoisotopic (exact) mass is 241 g/mol. The zero-order valence-electron chi connectivity index (χ0n) is 11.3. The standard InChI is InChI=1S/C13H27N3O/c1-3-7-15-8-5-10-16-9-4-6-12(11-16)13(17)14-2/h12,15H,3-11H2,1-2H3,(H,14,17). The van der Waals surface area contributed by atoms with E-state index in [1.165, 1.54) is 12.8 Å². The first kappa shape index (κ1) is 14.5. The molecule has 1 fully saturated rings. The number of rotatable bonds is 7.